The summed E-state index contributed by atoms with van der Waals surface area (Å²) >= 11 is 6.01. The summed E-state index contributed by atoms with van der Waals surface area (Å²) in [7, 11) is 1.62. The number of nitrogens with zero attached hydrogens (tertiary/aromatic N) is 4. The van der Waals surface area contributed by atoms with Gasteiger partial charge in [-0.25, -0.2) is 9.37 Å². The molecular formula is C20H21ClF4N4O. The van der Waals surface area contributed by atoms with Crippen LogP contribution < -0.4 is 4.90 Å². The van der Waals surface area contributed by atoms with Crippen molar-refractivity contribution in [2.45, 2.75) is 12.7 Å². The van der Waals surface area contributed by atoms with Gasteiger partial charge in [0.25, 0.3) is 0 Å². The summed E-state index contributed by atoms with van der Waals surface area (Å²) in [5, 5.41) is -0.0565. The lowest BCUT2D eigenvalue weighted by molar-refractivity contribution is -0.137. The van der Waals surface area contributed by atoms with Crippen molar-refractivity contribution < 1.29 is 22.4 Å². The first-order valence-electron chi connectivity index (χ1n) is 9.32. The molecule has 0 N–H and O–H groups in total. The third-order valence-corrected chi connectivity index (χ3v) is 5.25. The van der Waals surface area contributed by atoms with Gasteiger partial charge in [0.1, 0.15) is 11.6 Å². The Kier molecular flexibility index (Phi) is 6.82. The molecule has 2 heterocycles. The lowest BCUT2D eigenvalue weighted by Crippen LogP contribution is -2.50. The van der Waals surface area contributed by atoms with Crippen molar-refractivity contribution in [2.75, 3.05) is 44.7 Å². The normalized spacial score (nSPS) is 15.3. The molecule has 1 saturated heterocycles. The second-order valence-corrected chi connectivity index (χ2v) is 7.54. The highest BCUT2D eigenvalue weighted by molar-refractivity contribution is 6.33. The van der Waals surface area contributed by atoms with E-state index in [1.165, 1.54) is 11.0 Å². The van der Waals surface area contributed by atoms with Crippen LogP contribution in [0.25, 0.3) is 0 Å². The molecule has 0 atom stereocenters. The van der Waals surface area contributed by atoms with Crippen LogP contribution in [0.4, 0.5) is 23.4 Å². The first kappa shape index (κ1) is 22.3. The number of amides is 1. The maximum Gasteiger partial charge on any atom is 0.417 e. The Morgan fingerprint density at radius 3 is 2.47 bits per heavy atom. The zero-order chi connectivity index (χ0) is 21.9. The Bertz CT molecular complexity index is 901. The fourth-order valence-electron chi connectivity index (χ4n) is 3.22. The monoisotopic (exact) mass is 444 g/mol. The van der Waals surface area contributed by atoms with Crippen molar-refractivity contribution in [3.8, 4) is 0 Å². The van der Waals surface area contributed by atoms with E-state index in [4.69, 9.17) is 11.6 Å². The van der Waals surface area contributed by atoms with Crippen molar-refractivity contribution >= 4 is 23.3 Å². The minimum absolute atomic E-state index is 0.0565. The molecule has 30 heavy (non-hydrogen) atoms. The summed E-state index contributed by atoms with van der Waals surface area (Å²) in [6, 6.07) is 7.18. The van der Waals surface area contributed by atoms with Crippen LogP contribution in [-0.4, -0.2) is 60.5 Å². The van der Waals surface area contributed by atoms with Gasteiger partial charge in [-0.3, -0.25) is 9.69 Å². The second-order valence-electron chi connectivity index (χ2n) is 7.13. The van der Waals surface area contributed by atoms with Crippen LogP contribution in [0.2, 0.25) is 5.02 Å². The number of likely N-dealkylation sites (N-methyl/N-ethyl adjacent to an activating group) is 1. The Balaban J connectivity index is 1.53. The van der Waals surface area contributed by atoms with E-state index in [2.05, 4.69) is 4.98 Å². The van der Waals surface area contributed by atoms with E-state index in [1.807, 2.05) is 4.90 Å². The molecular weight excluding hydrogens is 424 g/mol. The fourth-order valence-corrected chi connectivity index (χ4v) is 3.50. The van der Waals surface area contributed by atoms with Crippen LogP contribution in [0.15, 0.2) is 36.5 Å². The Morgan fingerprint density at radius 1 is 1.20 bits per heavy atom. The van der Waals surface area contributed by atoms with E-state index in [0.29, 0.717) is 37.6 Å². The number of piperazine rings is 1. The lowest BCUT2D eigenvalue weighted by atomic mass is 10.2. The van der Waals surface area contributed by atoms with Gasteiger partial charge in [-0.1, -0.05) is 29.8 Å². The van der Waals surface area contributed by atoms with E-state index < -0.39 is 11.7 Å². The highest BCUT2D eigenvalue weighted by Crippen LogP contribution is 2.33. The van der Waals surface area contributed by atoms with Gasteiger partial charge >= 0.3 is 6.18 Å². The number of benzene rings is 1. The molecule has 0 spiro atoms. The molecule has 0 radical (unpaired) electrons. The summed E-state index contributed by atoms with van der Waals surface area (Å²) < 4.78 is 52.1. The topological polar surface area (TPSA) is 39.7 Å². The summed E-state index contributed by atoms with van der Waals surface area (Å²) in [5.74, 6) is -0.198. The van der Waals surface area contributed by atoms with E-state index in [0.717, 1.165) is 12.3 Å². The molecule has 1 aromatic heterocycles. The number of aromatic nitrogens is 1. The van der Waals surface area contributed by atoms with Crippen molar-refractivity contribution in [1.29, 1.82) is 0 Å². The molecule has 1 aromatic carbocycles. The van der Waals surface area contributed by atoms with E-state index >= 15 is 0 Å². The van der Waals surface area contributed by atoms with Gasteiger partial charge in [0.2, 0.25) is 5.91 Å². The number of pyridine rings is 1. The maximum atomic E-state index is 13.8. The molecule has 3 rings (SSSR count). The number of alkyl halides is 3. The van der Waals surface area contributed by atoms with Gasteiger partial charge in [0.15, 0.2) is 0 Å². The smallest absolute Gasteiger partial charge is 0.353 e. The average Bonchev–Trinajstić information content (AvgIpc) is 2.69. The Morgan fingerprint density at radius 2 is 1.87 bits per heavy atom. The molecule has 5 nitrogen and oxygen atoms in total. The van der Waals surface area contributed by atoms with Gasteiger partial charge in [-0.05, 0) is 12.1 Å². The van der Waals surface area contributed by atoms with Crippen LogP contribution in [0.5, 0.6) is 0 Å². The summed E-state index contributed by atoms with van der Waals surface area (Å²) in [6.07, 6.45) is -3.72. The van der Waals surface area contributed by atoms with Crippen molar-refractivity contribution in [2.24, 2.45) is 0 Å². The molecule has 0 saturated carbocycles. The molecule has 1 aliphatic rings. The Labute approximate surface area is 176 Å². The molecule has 1 amide bonds. The number of halogens is 5. The Hall–Kier alpha value is -2.39. The van der Waals surface area contributed by atoms with E-state index in [9.17, 15) is 22.4 Å². The third kappa shape index (κ3) is 5.40. The van der Waals surface area contributed by atoms with E-state index in [-0.39, 0.29) is 29.8 Å². The van der Waals surface area contributed by atoms with Crippen LogP contribution in [-0.2, 0) is 17.5 Å². The number of carbonyl (C=O) groups excluding carboxylic acids is 1. The first-order valence-corrected chi connectivity index (χ1v) is 9.70. The van der Waals surface area contributed by atoms with Crippen LogP contribution in [0.3, 0.4) is 0 Å². The highest BCUT2D eigenvalue weighted by atomic mass is 35.5. The molecule has 1 fully saturated rings. The predicted octanol–water partition coefficient (Wildman–Crippen LogP) is 3.67. The third-order valence-electron chi connectivity index (χ3n) is 4.97. The minimum Gasteiger partial charge on any atom is -0.353 e. The molecule has 0 aliphatic carbocycles. The van der Waals surface area contributed by atoms with Gasteiger partial charge in [-0.2, -0.15) is 13.2 Å². The van der Waals surface area contributed by atoms with Crippen LogP contribution in [0.1, 0.15) is 11.1 Å². The number of hydrogen-bond donors (Lipinski definition) is 0. The van der Waals surface area contributed by atoms with Gasteiger partial charge in [0.05, 0.1) is 17.1 Å². The number of rotatable bonds is 5. The quantitative estimate of drug-likeness (QED) is 0.660. The average molecular weight is 445 g/mol. The predicted molar refractivity (Wildman–Crippen MR) is 106 cm³/mol. The molecule has 2 aromatic rings. The molecule has 0 bridgehead atoms. The molecule has 10 heteroatoms. The van der Waals surface area contributed by atoms with Crippen molar-refractivity contribution in [3.63, 3.8) is 0 Å². The highest BCUT2D eigenvalue weighted by Gasteiger charge is 2.32. The SMILES string of the molecule is CN(Cc1ccccc1F)C(=O)CN1CCN(c2ncc(C(F)(F)F)cc2Cl)CC1. The summed E-state index contributed by atoms with van der Waals surface area (Å²) in [4.78, 5) is 21.6. The minimum atomic E-state index is -4.50. The number of anilines is 1. The van der Waals surface area contributed by atoms with Crippen molar-refractivity contribution in [1.82, 2.24) is 14.8 Å². The second kappa shape index (κ2) is 9.18. The fraction of sp³-hybridized carbons (Fsp3) is 0.400. The maximum absolute atomic E-state index is 13.8. The van der Waals surface area contributed by atoms with Gasteiger partial charge in [-0.15, -0.1) is 0 Å². The van der Waals surface area contributed by atoms with Crippen LogP contribution in [0, 0.1) is 5.82 Å². The van der Waals surface area contributed by atoms with Crippen LogP contribution >= 0.6 is 11.6 Å². The standard InChI is InChI=1S/C20H21ClF4N4O/c1-27(12-14-4-2-3-5-17(14)22)18(30)13-28-6-8-29(9-7-28)19-16(21)10-15(11-26-19)20(23,24)25/h2-5,10-11H,6-9,12-13H2,1H3. The van der Waals surface area contributed by atoms with E-state index in [1.54, 1.807) is 30.1 Å². The van der Waals surface area contributed by atoms with Crippen molar-refractivity contribution in [3.05, 3.63) is 58.5 Å². The number of carbonyl (C=O) groups is 1. The lowest BCUT2D eigenvalue weighted by Gasteiger charge is -2.36. The number of hydrogen-bond acceptors (Lipinski definition) is 4. The van der Waals surface area contributed by atoms with Gasteiger partial charge in [0, 0.05) is 51.5 Å². The van der Waals surface area contributed by atoms with Gasteiger partial charge < -0.3 is 9.80 Å². The summed E-state index contributed by atoms with van der Waals surface area (Å²) in [5.41, 5.74) is -0.445. The molecule has 162 valence electrons. The zero-order valence-electron chi connectivity index (χ0n) is 16.3. The molecule has 1 aliphatic heterocycles. The first-order chi connectivity index (χ1) is 14.1. The zero-order valence-corrected chi connectivity index (χ0v) is 17.0. The summed E-state index contributed by atoms with van der Waals surface area (Å²) in [6.45, 7) is 2.35. The largest absolute Gasteiger partial charge is 0.417 e. The molecule has 0 unspecified atom stereocenters.